The van der Waals surface area contributed by atoms with Crippen LogP contribution in [0.5, 0.6) is 0 Å². The smallest absolute Gasteiger partial charge is 0.0323 e. The zero-order chi connectivity index (χ0) is 8.88. The van der Waals surface area contributed by atoms with E-state index in [0.717, 1.165) is 35.5 Å². The first-order valence-corrected chi connectivity index (χ1v) is 5.61. The normalized spacial score (nSPS) is 51.2. The van der Waals surface area contributed by atoms with Gasteiger partial charge in [0.1, 0.15) is 0 Å². The van der Waals surface area contributed by atoms with Crippen molar-refractivity contribution in [3.8, 4) is 0 Å². The summed E-state index contributed by atoms with van der Waals surface area (Å²) in [5, 5.41) is 0. The lowest BCUT2D eigenvalue weighted by Crippen LogP contribution is -2.07. The third kappa shape index (κ3) is 1.20. The van der Waals surface area contributed by atoms with E-state index in [2.05, 4.69) is 27.7 Å². The average molecular weight is 166 g/mol. The van der Waals surface area contributed by atoms with E-state index in [1.807, 2.05) is 0 Å². The molecular formula is C12H22. The van der Waals surface area contributed by atoms with Crippen molar-refractivity contribution in [2.24, 2.45) is 35.5 Å². The Labute approximate surface area is 76.7 Å². The van der Waals surface area contributed by atoms with Gasteiger partial charge in [0, 0.05) is 0 Å². The minimum absolute atomic E-state index is 0.911. The summed E-state index contributed by atoms with van der Waals surface area (Å²) in [6, 6.07) is 0. The van der Waals surface area contributed by atoms with E-state index in [1.54, 1.807) is 0 Å². The molecule has 0 heteroatoms. The minimum atomic E-state index is 0.911. The lowest BCUT2D eigenvalue weighted by Gasteiger charge is -2.17. The molecule has 12 heavy (non-hydrogen) atoms. The van der Waals surface area contributed by atoms with Gasteiger partial charge in [0.05, 0.1) is 0 Å². The minimum Gasteiger partial charge on any atom is -0.0628 e. The number of rotatable bonds is 2. The van der Waals surface area contributed by atoms with Crippen LogP contribution in [0.25, 0.3) is 0 Å². The van der Waals surface area contributed by atoms with Crippen LogP contribution in [0.15, 0.2) is 0 Å². The van der Waals surface area contributed by atoms with E-state index in [0.29, 0.717) is 0 Å². The summed E-state index contributed by atoms with van der Waals surface area (Å²) in [5.41, 5.74) is 0. The standard InChI is InChI=1S/C12H22/c1-7(2)5-10-6-8(3)11-9(4)12(10)11/h7-12H,5-6H2,1-4H3. The lowest BCUT2D eigenvalue weighted by atomic mass is 9.89. The van der Waals surface area contributed by atoms with Crippen molar-refractivity contribution in [3.63, 3.8) is 0 Å². The van der Waals surface area contributed by atoms with Gasteiger partial charge >= 0.3 is 0 Å². The summed E-state index contributed by atoms with van der Waals surface area (Å²) in [7, 11) is 0. The highest BCUT2D eigenvalue weighted by atomic mass is 14.6. The van der Waals surface area contributed by atoms with Gasteiger partial charge in [-0.1, -0.05) is 27.7 Å². The van der Waals surface area contributed by atoms with Crippen LogP contribution in [0.1, 0.15) is 40.5 Å². The van der Waals surface area contributed by atoms with Crippen molar-refractivity contribution in [2.45, 2.75) is 40.5 Å². The Morgan fingerprint density at radius 1 is 1.17 bits per heavy atom. The third-order valence-electron chi connectivity index (χ3n) is 4.17. The predicted molar refractivity (Wildman–Crippen MR) is 52.9 cm³/mol. The fourth-order valence-electron chi connectivity index (χ4n) is 3.82. The first kappa shape index (κ1) is 8.59. The maximum Gasteiger partial charge on any atom is -0.0323 e. The Morgan fingerprint density at radius 3 is 2.25 bits per heavy atom. The molecule has 0 bridgehead atoms. The fourth-order valence-corrected chi connectivity index (χ4v) is 3.82. The zero-order valence-electron chi connectivity index (χ0n) is 8.88. The summed E-state index contributed by atoms with van der Waals surface area (Å²) in [4.78, 5) is 0. The number of fused-ring (bicyclic) bond motifs is 1. The van der Waals surface area contributed by atoms with Crippen molar-refractivity contribution in [1.29, 1.82) is 0 Å². The van der Waals surface area contributed by atoms with E-state index >= 15 is 0 Å². The molecule has 0 spiro atoms. The van der Waals surface area contributed by atoms with Crippen LogP contribution in [-0.2, 0) is 0 Å². The van der Waals surface area contributed by atoms with Crippen LogP contribution >= 0.6 is 0 Å². The Kier molecular flexibility index (Phi) is 1.97. The van der Waals surface area contributed by atoms with E-state index in [1.165, 1.54) is 12.8 Å². The first-order valence-electron chi connectivity index (χ1n) is 5.61. The Balaban J connectivity index is 1.93. The molecule has 0 amide bonds. The van der Waals surface area contributed by atoms with Gasteiger partial charge < -0.3 is 0 Å². The largest absolute Gasteiger partial charge is 0.0628 e. The molecule has 0 aromatic heterocycles. The molecule has 2 rings (SSSR count). The highest BCUT2D eigenvalue weighted by molar-refractivity contribution is 5.06. The molecule has 0 nitrogen and oxygen atoms in total. The van der Waals surface area contributed by atoms with Gasteiger partial charge in [-0.05, 0) is 48.3 Å². The molecule has 0 aliphatic heterocycles. The van der Waals surface area contributed by atoms with Gasteiger partial charge in [-0.15, -0.1) is 0 Å². The van der Waals surface area contributed by atoms with Crippen molar-refractivity contribution < 1.29 is 0 Å². The van der Waals surface area contributed by atoms with Gasteiger partial charge in [0.15, 0.2) is 0 Å². The molecule has 0 radical (unpaired) electrons. The van der Waals surface area contributed by atoms with Gasteiger partial charge in [0.2, 0.25) is 0 Å². The molecule has 0 N–H and O–H groups in total. The van der Waals surface area contributed by atoms with Crippen LogP contribution < -0.4 is 0 Å². The monoisotopic (exact) mass is 166 g/mol. The molecule has 0 heterocycles. The van der Waals surface area contributed by atoms with Crippen molar-refractivity contribution >= 4 is 0 Å². The predicted octanol–water partition coefficient (Wildman–Crippen LogP) is 3.57. The summed E-state index contributed by atoms with van der Waals surface area (Å²) in [6.45, 7) is 9.65. The van der Waals surface area contributed by atoms with Gasteiger partial charge in [-0.2, -0.15) is 0 Å². The maximum absolute atomic E-state index is 2.46. The van der Waals surface area contributed by atoms with Gasteiger partial charge in [0.25, 0.3) is 0 Å². The quantitative estimate of drug-likeness (QED) is 0.588. The van der Waals surface area contributed by atoms with Crippen LogP contribution in [0, 0.1) is 35.5 Å². The van der Waals surface area contributed by atoms with E-state index in [4.69, 9.17) is 0 Å². The molecule has 0 aromatic carbocycles. The fraction of sp³-hybridized carbons (Fsp3) is 1.00. The van der Waals surface area contributed by atoms with Crippen LogP contribution in [-0.4, -0.2) is 0 Å². The summed E-state index contributed by atoms with van der Waals surface area (Å²) >= 11 is 0. The highest BCUT2D eigenvalue weighted by Gasteiger charge is 2.58. The summed E-state index contributed by atoms with van der Waals surface area (Å²) in [5.74, 6) is 6.34. The molecule has 70 valence electrons. The topological polar surface area (TPSA) is 0 Å². The molecule has 2 aliphatic rings. The van der Waals surface area contributed by atoms with Crippen LogP contribution in [0.3, 0.4) is 0 Å². The molecule has 0 aromatic rings. The summed E-state index contributed by atoms with van der Waals surface area (Å²) < 4.78 is 0. The second kappa shape index (κ2) is 2.75. The van der Waals surface area contributed by atoms with E-state index in [9.17, 15) is 0 Å². The molecule has 2 saturated carbocycles. The molecule has 2 aliphatic carbocycles. The Morgan fingerprint density at radius 2 is 1.83 bits per heavy atom. The van der Waals surface area contributed by atoms with Crippen molar-refractivity contribution in [2.75, 3.05) is 0 Å². The lowest BCUT2D eigenvalue weighted by molar-refractivity contribution is 0.334. The molecule has 5 unspecified atom stereocenters. The molecule has 0 saturated heterocycles. The van der Waals surface area contributed by atoms with E-state index < -0.39 is 0 Å². The zero-order valence-corrected chi connectivity index (χ0v) is 8.88. The third-order valence-corrected chi connectivity index (χ3v) is 4.17. The van der Waals surface area contributed by atoms with Crippen LogP contribution in [0.4, 0.5) is 0 Å². The second-order valence-corrected chi connectivity index (χ2v) is 5.62. The van der Waals surface area contributed by atoms with Crippen molar-refractivity contribution in [1.82, 2.24) is 0 Å². The maximum atomic E-state index is 2.46. The Hall–Kier alpha value is 0. The highest BCUT2D eigenvalue weighted by Crippen LogP contribution is 2.64. The molecular weight excluding hydrogens is 144 g/mol. The van der Waals surface area contributed by atoms with Gasteiger partial charge in [-0.3, -0.25) is 0 Å². The molecule has 2 fully saturated rings. The molecule has 5 atom stereocenters. The number of hydrogen-bond acceptors (Lipinski definition) is 0. The Bertz CT molecular complexity index is 171. The first-order chi connectivity index (χ1) is 5.61. The number of hydrogen-bond donors (Lipinski definition) is 0. The van der Waals surface area contributed by atoms with Crippen molar-refractivity contribution in [3.05, 3.63) is 0 Å². The second-order valence-electron chi connectivity index (χ2n) is 5.62. The van der Waals surface area contributed by atoms with Crippen LogP contribution in [0.2, 0.25) is 0 Å². The van der Waals surface area contributed by atoms with E-state index in [-0.39, 0.29) is 0 Å². The SMILES string of the molecule is CC(C)CC1CC(C)C2C(C)C12. The summed E-state index contributed by atoms with van der Waals surface area (Å²) in [6.07, 6.45) is 3.01. The van der Waals surface area contributed by atoms with Gasteiger partial charge in [-0.25, -0.2) is 0 Å². The average Bonchev–Trinajstić information content (AvgIpc) is 2.47.